The Bertz CT molecular complexity index is 437. The van der Waals surface area contributed by atoms with Crippen LogP contribution in [0, 0.1) is 5.92 Å². The third-order valence-electron chi connectivity index (χ3n) is 3.87. The van der Waals surface area contributed by atoms with Gasteiger partial charge in [-0.25, -0.2) is 0 Å². The predicted molar refractivity (Wildman–Crippen MR) is 77.8 cm³/mol. The number of carbonyl (C=O) groups is 1. The van der Waals surface area contributed by atoms with E-state index in [1.807, 2.05) is 13.0 Å². The number of benzene rings is 1. The Morgan fingerprint density at radius 1 is 1.37 bits per heavy atom. The zero-order valence-corrected chi connectivity index (χ0v) is 11.5. The van der Waals surface area contributed by atoms with Crippen molar-refractivity contribution in [3.8, 4) is 0 Å². The summed E-state index contributed by atoms with van der Waals surface area (Å²) in [7, 11) is 0. The van der Waals surface area contributed by atoms with Crippen molar-refractivity contribution in [3.63, 3.8) is 0 Å². The summed E-state index contributed by atoms with van der Waals surface area (Å²) >= 11 is 0. The van der Waals surface area contributed by atoms with Gasteiger partial charge in [0.1, 0.15) is 0 Å². The first-order chi connectivity index (χ1) is 9.08. The van der Waals surface area contributed by atoms with E-state index < -0.39 is 0 Å². The first kappa shape index (κ1) is 13.9. The number of hydrogen-bond acceptors (Lipinski definition) is 3. The van der Waals surface area contributed by atoms with Crippen molar-refractivity contribution in [2.45, 2.75) is 32.2 Å². The second-order valence-electron chi connectivity index (χ2n) is 5.45. The minimum atomic E-state index is -0.186. The first-order valence-electron chi connectivity index (χ1n) is 6.95. The normalized spacial score (nSPS) is 18.3. The van der Waals surface area contributed by atoms with Crippen LogP contribution in [-0.2, 0) is 4.79 Å². The topological polar surface area (TPSA) is 72.3 Å². The molecule has 1 aromatic carbocycles. The van der Waals surface area contributed by atoms with Gasteiger partial charge in [-0.2, -0.15) is 0 Å². The average molecular weight is 261 g/mol. The predicted octanol–water partition coefficient (Wildman–Crippen LogP) is 1.80. The van der Waals surface area contributed by atoms with Gasteiger partial charge in [-0.15, -0.1) is 0 Å². The van der Waals surface area contributed by atoms with Gasteiger partial charge in [-0.05, 0) is 37.3 Å². The Morgan fingerprint density at radius 2 is 2.00 bits per heavy atom. The standard InChI is InChI=1S/C15H23N3O/c1-11(16)13-4-2-3-5-14(13)18-8-6-12(7-9-18)10-15(17)19/h2-5,11-12H,6-10,16H2,1H3,(H2,17,19)/t11-/m1/s1. The van der Waals surface area contributed by atoms with E-state index in [-0.39, 0.29) is 11.9 Å². The summed E-state index contributed by atoms with van der Waals surface area (Å²) in [6.45, 7) is 3.96. The molecule has 4 nitrogen and oxygen atoms in total. The number of para-hydroxylation sites is 1. The molecule has 19 heavy (non-hydrogen) atoms. The van der Waals surface area contributed by atoms with Gasteiger partial charge in [0.15, 0.2) is 0 Å². The first-order valence-corrected chi connectivity index (χ1v) is 6.95. The lowest BCUT2D eigenvalue weighted by molar-refractivity contribution is -0.119. The van der Waals surface area contributed by atoms with Gasteiger partial charge in [0, 0.05) is 31.2 Å². The molecule has 1 saturated heterocycles. The zero-order valence-electron chi connectivity index (χ0n) is 11.5. The number of carbonyl (C=O) groups excluding carboxylic acids is 1. The summed E-state index contributed by atoms with van der Waals surface area (Å²) < 4.78 is 0. The molecule has 1 aromatic rings. The van der Waals surface area contributed by atoms with Crippen LogP contribution >= 0.6 is 0 Å². The number of hydrogen-bond donors (Lipinski definition) is 2. The van der Waals surface area contributed by atoms with Crippen LogP contribution in [0.2, 0.25) is 0 Å². The number of nitrogens with two attached hydrogens (primary N) is 2. The number of piperidine rings is 1. The smallest absolute Gasteiger partial charge is 0.217 e. The van der Waals surface area contributed by atoms with Crippen LogP contribution in [-0.4, -0.2) is 19.0 Å². The average Bonchev–Trinajstić information content (AvgIpc) is 2.39. The van der Waals surface area contributed by atoms with Crippen molar-refractivity contribution >= 4 is 11.6 Å². The summed E-state index contributed by atoms with van der Waals surface area (Å²) in [4.78, 5) is 13.3. The third kappa shape index (κ3) is 3.47. The van der Waals surface area contributed by atoms with Gasteiger partial charge in [0.05, 0.1) is 0 Å². The van der Waals surface area contributed by atoms with Gasteiger partial charge in [-0.1, -0.05) is 18.2 Å². The molecule has 1 aliphatic heterocycles. The maximum absolute atomic E-state index is 11.0. The van der Waals surface area contributed by atoms with Crippen LogP contribution in [0.1, 0.15) is 37.8 Å². The van der Waals surface area contributed by atoms with E-state index in [4.69, 9.17) is 11.5 Å². The Labute approximate surface area is 114 Å². The van der Waals surface area contributed by atoms with Crippen LogP contribution < -0.4 is 16.4 Å². The van der Waals surface area contributed by atoms with E-state index in [9.17, 15) is 4.79 Å². The molecule has 1 aliphatic rings. The molecule has 4 N–H and O–H groups in total. The number of primary amides is 1. The van der Waals surface area contributed by atoms with E-state index in [1.54, 1.807) is 0 Å². The van der Waals surface area contributed by atoms with E-state index in [0.29, 0.717) is 12.3 Å². The Kier molecular flexibility index (Phi) is 4.43. The minimum Gasteiger partial charge on any atom is -0.371 e. The second kappa shape index (κ2) is 6.06. The van der Waals surface area contributed by atoms with Crippen molar-refractivity contribution in [2.24, 2.45) is 17.4 Å². The van der Waals surface area contributed by atoms with Crippen molar-refractivity contribution in [1.29, 1.82) is 0 Å². The molecule has 2 rings (SSSR count). The minimum absolute atomic E-state index is 0.0412. The molecule has 0 radical (unpaired) electrons. The van der Waals surface area contributed by atoms with Crippen LogP contribution in [0.3, 0.4) is 0 Å². The highest BCUT2D eigenvalue weighted by atomic mass is 16.1. The highest BCUT2D eigenvalue weighted by Crippen LogP contribution is 2.29. The maximum Gasteiger partial charge on any atom is 0.217 e. The maximum atomic E-state index is 11.0. The number of nitrogens with zero attached hydrogens (tertiary/aromatic N) is 1. The van der Waals surface area contributed by atoms with Gasteiger partial charge < -0.3 is 16.4 Å². The molecule has 1 atom stereocenters. The Balaban J connectivity index is 2.03. The van der Waals surface area contributed by atoms with Crippen LogP contribution in [0.5, 0.6) is 0 Å². The Morgan fingerprint density at radius 3 is 2.58 bits per heavy atom. The highest BCUT2D eigenvalue weighted by Gasteiger charge is 2.22. The monoisotopic (exact) mass is 261 g/mol. The summed E-state index contributed by atoms with van der Waals surface area (Å²) in [5, 5.41) is 0. The van der Waals surface area contributed by atoms with E-state index in [0.717, 1.165) is 25.9 Å². The molecule has 1 fully saturated rings. The van der Waals surface area contributed by atoms with E-state index >= 15 is 0 Å². The van der Waals surface area contributed by atoms with Gasteiger partial charge >= 0.3 is 0 Å². The summed E-state index contributed by atoms with van der Waals surface area (Å²) in [6, 6.07) is 8.35. The fourth-order valence-corrected chi connectivity index (χ4v) is 2.82. The van der Waals surface area contributed by atoms with Crippen molar-refractivity contribution < 1.29 is 4.79 Å². The molecule has 4 heteroatoms. The Hall–Kier alpha value is -1.55. The quantitative estimate of drug-likeness (QED) is 0.868. The molecule has 1 amide bonds. The van der Waals surface area contributed by atoms with Gasteiger partial charge in [0.25, 0.3) is 0 Å². The molecule has 1 heterocycles. The second-order valence-corrected chi connectivity index (χ2v) is 5.45. The lowest BCUT2D eigenvalue weighted by atomic mass is 9.92. The molecule has 0 bridgehead atoms. The molecule has 0 aromatic heterocycles. The molecule has 0 aliphatic carbocycles. The number of anilines is 1. The SMILES string of the molecule is C[C@@H](N)c1ccccc1N1CCC(CC(N)=O)CC1. The third-order valence-corrected chi connectivity index (χ3v) is 3.87. The summed E-state index contributed by atoms with van der Waals surface area (Å²) in [6.07, 6.45) is 2.56. The van der Waals surface area contributed by atoms with Crippen LogP contribution in [0.15, 0.2) is 24.3 Å². The lowest BCUT2D eigenvalue weighted by Gasteiger charge is -2.35. The van der Waals surface area contributed by atoms with Crippen molar-refractivity contribution in [3.05, 3.63) is 29.8 Å². The van der Waals surface area contributed by atoms with Crippen LogP contribution in [0.4, 0.5) is 5.69 Å². The zero-order chi connectivity index (χ0) is 13.8. The van der Waals surface area contributed by atoms with Crippen LogP contribution in [0.25, 0.3) is 0 Å². The van der Waals surface area contributed by atoms with Gasteiger partial charge in [0.2, 0.25) is 5.91 Å². The van der Waals surface area contributed by atoms with Crippen molar-refractivity contribution in [1.82, 2.24) is 0 Å². The van der Waals surface area contributed by atoms with E-state index in [2.05, 4.69) is 23.1 Å². The lowest BCUT2D eigenvalue weighted by Crippen LogP contribution is -2.36. The molecular formula is C15H23N3O. The number of amides is 1. The fourth-order valence-electron chi connectivity index (χ4n) is 2.82. The molecule has 0 unspecified atom stereocenters. The summed E-state index contributed by atoms with van der Waals surface area (Å²) in [5.41, 5.74) is 13.7. The fraction of sp³-hybridized carbons (Fsp3) is 0.533. The molecule has 0 saturated carbocycles. The van der Waals surface area contributed by atoms with Gasteiger partial charge in [-0.3, -0.25) is 4.79 Å². The molecular weight excluding hydrogens is 238 g/mol. The van der Waals surface area contributed by atoms with E-state index in [1.165, 1.54) is 11.3 Å². The molecule has 0 spiro atoms. The largest absolute Gasteiger partial charge is 0.371 e. The summed E-state index contributed by atoms with van der Waals surface area (Å²) in [5.74, 6) is 0.255. The highest BCUT2D eigenvalue weighted by molar-refractivity contribution is 5.74. The van der Waals surface area contributed by atoms with Crippen molar-refractivity contribution in [2.75, 3.05) is 18.0 Å². The molecule has 104 valence electrons. The number of rotatable bonds is 4.